The van der Waals surface area contributed by atoms with Crippen molar-refractivity contribution in [3.8, 4) is 27.8 Å². The van der Waals surface area contributed by atoms with Gasteiger partial charge in [-0.05, 0) is 36.4 Å². The number of hydrogen-bond acceptors (Lipinski definition) is 6. The maximum atomic E-state index is 12.9. The Balaban J connectivity index is 1.64. The Hall–Kier alpha value is -3.71. The van der Waals surface area contributed by atoms with Crippen molar-refractivity contribution >= 4 is 28.9 Å². The number of carbonyl (C=O) groups is 2. The third-order valence-electron chi connectivity index (χ3n) is 3.98. The molecular formula is C22H16N2O4S. The Kier molecular flexibility index (Phi) is 5.22. The van der Waals surface area contributed by atoms with Crippen molar-refractivity contribution in [2.45, 2.75) is 6.92 Å². The maximum absolute atomic E-state index is 12.9. The van der Waals surface area contributed by atoms with Crippen molar-refractivity contribution < 1.29 is 18.7 Å². The number of hydrogen-bond donors (Lipinski definition) is 1. The summed E-state index contributed by atoms with van der Waals surface area (Å²) in [5.41, 5.74) is 1.98. The smallest absolute Gasteiger partial charge is 0.356 e. The van der Waals surface area contributed by atoms with Gasteiger partial charge in [-0.2, -0.15) is 0 Å². The molecule has 4 aromatic rings. The molecule has 2 aromatic heterocycles. The van der Waals surface area contributed by atoms with Gasteiger partial charge in [-0.3, -0.25) is 4.79 Å². The Labute approximate surface area is 170 Å². The fourth-order valence-corrected chi connectivity index (χ4v) is 3.65. The highest BCUT2D eigenvalue weighted by Gasteiger charge is 2.23. The molecule has 7 heteroatoms. The van der Waals surface area contributed by atoms with Gasteiger partial charge in [0, 0.05) is 18.2 Å². The van der Waals surface area contributed by atoms with Gasteiger partial charge < -0.3 is 14.5 Å². The summed E-state index contributed by atoms with van der Waals surface area (Å²) in [5, 5.41) is 3.27. The molecule has 6 nitrogen and oxygen atoms in total. The highest BCUT2D eigenvalue weighted by atomic mass is 32.1. The zero-order chi connectivity index (χ0) is 20.2. The number of aromatic nitrogens is 1. The van der Waals surface area contributed by atoms with Crippen molar-refractivity contribution in [1.82, 2.24) is 4.98 Å². The number of nitrogens with zero attached hydrogens (tertiary/aromatic N) is 1. The second-order valence-corrected chi connectivity index (χ2v) is 7.13. The molecule has 0 radical (unpaired) electrons. The monoisotopic (exact) mass is 404 g/mol. The summed E-state index contributed by atoms with van der Waals surface area (Å²) in [6.45, 7) is 1.43. The summed E-state index contributed by atoms with van der Waals surface area (Å²) in [6, 6.07) is 19.6. The summed E-state index contributed by atoms with van der Waals surface area (Å²) in [5.74, 6) is 0.283. The Morgan fingerprint density at radius 2 is 1.76 bits per heavy atom. The number of benzene rings is 2. The summed E-state index contributed by atoms with van der Waals surface area (Å²) in [7, 11) is 0. The van der Waals surface area contributed by atoms with Crippen LogP contribution in [0.5, 0.6) is 5.75 Å². The number of nitrogens with one attached hydrogen (secondary N) is 1. The molecule has 0 spiro atoms. The molecule has 0 aliphatic rings. The average Bonchev–Trinajstić information content (AvgIpc) is 3.39. The van der Waals surface area contributed by atoms with E-state index in [1.807, 2.05) is 30.3 Å². The van der Waals surface area contributed by atoms with Crippen molar-refractivity contribution in [1.29, 1.82) is 0 Å². The highest BCUT2D eigenvalue weighted by Crippen LogP contribution is 2.35. The van der Waals surface area contributed by atoms with Gasteiger partial charge in [0.2, 0.25) is 5.91 Å². The largest absolute Gasteiger partial charge is 0.462 e. The first-order valence-corrected chi connectivity index (χ1v) is 9.62. The van der Waals surface area contributed by atoms with E-state index in [9.17, 15) is 9.59 Å². The van der Waals surface area contributed by atoms with E-state index in [-0.39, 0.29) is 5.91 Å². The molecule has 0 bridgehead atoms. The minimum atomic E-state index is -0.508. The third kappa shape index (κ3) is 4.25. The number of thiazole rings is 1. The molecule has 1 amide bonds. The van der Waals surface area contributed by atoms with Crippen molar-refractivity contribution in [2.75, 3.05) is 5.32 Å². The zero-order valence-electron chi connectivity index (χ0n) is 15.4. The first-order chi connectivity index (χ1) is 14.1. The van der Waals surface area contributed by atoms with Gasteiger partial charge in [0.05, 0.1) is 12.0 Å². The molecule has 0 saturated heterocycles. The fourth-order valence-electron chi connectivity index (χ4n) is 2.72. The molecule has 2 aromatic carbocycles. The van der Waals surface area contributed by atoms with E-state index in [0.29, 0.717) is 32.8 Å². The van der Waals surface area contributed by atoms with Crippen LogP contribution in [-0.4, -0.2) is 16.9 Å². The van der Waals surface area contributed by atoms with E-state index in [4.69, 9.17) is 9.15 Å². The van der Waals surface area contributed by atoms with Crippen LogP contribution in [0, 0.1) is 0 Å². The van der Waals surface area contributed by atoms with Crippen molar-refractivity contribution in [2.24, 2.45) is 0 Å². The lowest BCUT2D eigenvalue weighted by Gasteiger charge is -2.06. The zero-order valence-corrected chi connectivity index (χ0v) is 16.2. The topological polar surface area (TPSA) is 81.4 Å². The minimum absolute atomic E-state index is 0.169. The van der Waals surface area contributed by atoms with Gasteiger partial charge in [-0.25, -0.2) is 9.78 Å². The van der Waals surface area contributed by atoms with Crippen LogP contribution in [0.4, 0.5) is 5.69 Å². The molecule has 1 N–H and O–H groups in total. The molecule has 0 unspecified atom stereocenters. The van der Waals surface area contributed by atoms with E-state index in [1.165, 1.54) is 18.3 Å². The number of carbonyl (C=O) groups excluding carboxylic acids is 2. The predicted molar refractivity (Wildman–Crippen MR) is 111 cm³/mol. The van der Waals surface area contributed by atoms with Crippen LogP contribution in [0.1, 0.15) is 16.6 Å². The van der Waals surface area contributed by atoms with E-state index in [0.717, 1.165) is 5.56 Å². The lowest BCUT2D eigenvalue weighted by molar-refractivity contribution is -0.114. The van der Waals surface area contributed by atoms with Crippen LogP contribution in [0.3, 0.4) is 0 Å². The van der Waals surface area contributed by atoms with E-state index in [2.05, 4.69) is 10.3 Å². The van der Waals surface area contributed by atoms with E-state index >= 15 is 0 Å². The number of amides is 1. The number of esters is 1. The number of furan rings is 1. The Morgan fingerprint density at radius 1 is 1.00 bits per heavy atom. The van der Waals surface area contributed by atoms with Gasteiger partial charge in [-0.1, -0.05) is 30.3 Å². The fraction of sp³-hybridized carbons (Fsp3) is 0.0455. The first kappa shape index (κ1) is 18.6. The van der Waals surface area contributed by atoms with Gasteiger partial charge in [-0.15, -0.1) is 11.3 Å². The average molecular weight is 404 g/mol. The molecule has 4 rings (SSSR count). The maximum Gasteiger partial charge on any atom is 0.356 e. The third-order valence-corrected chi connectivity index (χ3v) is 5.03. The lowest BCUT2D eigenvalue weighted by Crippen LogP contribution is -2.09. The molecular weight excluding hydrogens is 388 g/mol. The summed E-state index contributed by atoms with van der Waals surface area (Å²) < 4.78 is 11.0. The number of ether oxygens (including phenoxy) is 1. The Bertz CT molecular complexity index is 1130. The van der Waals surface area contributed by atoms with Crippen LogP contribution < -0.4 is 10.1 Å². The molecule has 0 fully saturated rings. The van der Waals surface area contributed by atoms with Crippen LogP contribution in [0.25, 0.3) is 22.0 Å². The van der Waals surface area contributed by atoms with Gasteiger partial charge in [0.1, 0.15) is 10.6 Å². The van der Waals surface area contributed by atoms with Gasteiger partial charge in [0.25, 0.3) is 0 Å². The molecule has 0 aliphatic carbocycles. The van der Waals surface area contributed by atoms with E-state index < -0.39 is 5.97 Å². The Morgan fingerprint density at radius 3 is 2.41 bits per heavy atom. The second kappa shape index (κ2) is 8.12. The minimum Gasteiger partial charge on any atom is -0.462 e. The van der Waals surface area contributed by atoms with Crippen molar-refractivity contribution in [3.05, 3.63) is 77.9 Å². The first-order valence-electron chi connectivity index (χ1n) is 8.80. The normalized spacial score (nSPS) is 10.5. The summed E-state index contributed by atoms with van der Waals surface area (Å²) in [4.78, 5) is 29.0. The predicted octanol–water partition coefficient (Wildman–Crippen LogP) is 5.25. The number of rotatable bonds is 5. The molecule has 0 saturated carbocycles. The molecule has 144 valence electrons. The van der Waals surface area contributed by atoms with Crippen LogP contribution in [0.15, 0.2) is 77.4 Å². The SMILES string of the molecule is CC(=O)Nc1ccc(OC(=O)c2sc(-c3ccco3)nc2-c2ccccc2)cc1. The molecule has 0 atom stereocenters. The molecule has 29 heavy (non-hydrogen) atoms. The summed E-state index contributed by atoms with van der Waals surface area (Å²) >= 11 is 1.21. The van der Waals surface area contributed by atoms with Gasteiger partial charge in [0.15, 0.2) is 10.8 Å². The van der Waals surface area contributed by atoms with Crippen LogP contribution >= 0.6 is 11.3 Å². The van der Waals surface area contributed by atoms with E-state index in [1.54, 1.807) is 42.7 Å². The second-order valence-electron chi connectivity index (χ2n) is 6.14. The molecule has 2 heterocycles. The van der Waals surface area contributed by atoms with Gasteiger partial charge >= 0.3 is 5.97 Å². The lowest BCUT2D eigenvalue weighted by atomic mass is 10.1. The highest BCUT2D eigenvalue weighted by molar-refractivity contribution is 7.17. The van der Waals surface area contributed by atoms with Crippen LogP contribution in [-0.2, 0) is 4.79 Å². The summed E-state index contributed by atoms with van der Waals surface area (Å²) in [6.07, 6.45) is 1.56. The number of anilines is 1. The van der Waals surface area contributed by atoms with Crippen LogP contribution in [0.2, 0.25) is 0 Å². The standard InChI is InChI=1S/C22H16N2O4S/c1-14(25)23-16-9-11-17(12-10-16)28-22(26)20-19(15-6-3-2-4-7-15)24-21(29-20)18-8-5-13-27-18/h2-13H,1H3,(H,23,25). The molecule has 0 aliphatic heterocycles. The quantitative estimate of drug-likeness (QED) is 0.363. The van der Waals surface area contributed by atoms with Crippen molar-refractivity contribution in [3.63, 3.8) is 0 Å².